The molecule has 1 aliphatic heterocycles. The van der Waals surface area contributed by atoms with Crippen LogP contribution in [-0.4, -0.2) is 44.2 Å². The molecule has 1 aliphatic rings. The standard InChI is InChI=1S/C15H22N2O3/c1-19-10-13(16)15(18)17-9-3-4-14(17)11-5-7-12(20-2)8-6-11/h5-8,13-14H,3-4,9-10,16H2,1-2H3. The lowest BCUT2D eigenvalue weighted by Crippen LogP contribution is -2.45. The molecule has 0 aliphatic carbocycles. The molecule has 0 saturated carbocycles. The number of carbonyl (C=O) groups is 1. The van der Waals surface area contributed by atoms with Crippen LogP contribution in [0.4, 0.5) is 0 Å². The van der Waals surface area contributed by atoms with Crippen LogP contribution in [0.1, 0.15) is 24.4 Å². The summed E-state index contributed by atoms with van der Waals surface area (Å²) in [6.07, 6.45) is 1.97. The van der Waals surface area contributed by atoms with Crippen LogP contribution in [0.5, 0.6) is 5.75 Å². The van der Waals surface area contributed by atoms with Crippen LogP contribution in [0.15, 0.2) is 24.3 Å². The predicted octanol–water partition coefficient (Wildman–Crippen LogP) is 1.33. The van der Waals surface area contributed by atoms with E-state index in [0.29, 0.717) is 0 Å². The summed E-state index contributed by atoms with van der Waals surface area (Å²) >= 11 is 0. The van der Waals surface area contributed by atoms with E-state index in [1.807, 2.05) is 29.2 Å². The third kappa shape index (κ3) is 3.11. The normalized spacial score (nSPS) is 19.9. The molecule has 1 amide bonds. The number of hydrogen-bond donors (Lipinski definition) is 1. The molecule has 0 bridgehead atoms. The quantitative estimate of drug-likeness (QED) is 0.882. The minimum absolute atomic E-state index is 0.0369. The van der Waals surface area contributed by atoms with E-state index in [0.717, 1.165) is 30.7 Å². The molecular weight excluding hydrogens is 256 g/mol. The Balaban J connectivity index is 2.11. The van der Waals surface area contributed by atoms with Gasteiger partial charge in [0.2, 0.25) is 5.91 Å². The van der Waals surface area contributed by atoms with Gasteiger partial charge in [-0.1, -0.05) is 12.1 Å². The highest BCUT2D eigenvalue weighted by Crippen LogP contribution is 2.33. The largest absolute Gasteiger partial charge is 0.497 e. The van der Waals surface area contributed by atoms with Crippen LogP contribution < -0.4 is 10.5 Å². The first-order valence-corrected chi connectivity index (χ1v) is 6.86. The monoisotopic (exact) mass is 278 g/mol. The van der Waals surface area contributed by atoms with Gasteiger partial charge < -0.3 is 20.1 Å². The Morgan fingerprint density at radius 2 is 2.10 bits per heavy atom. The number of rotatable bonds is 5. The van der Waals surface area contributed by atoms with Gasteiger partial charge in [-0.25, -0.2) is 0 Å². The molecule has 1 heterocycles. The number of likely N-dealkylation sites (tertiary alicyclic amines) is 1. The van der Waals surface area contributed by atoms with E-state index >= 15 is 0 Å². The van der Waals surface area contributed by atoms with E-state index in [-0.39, 0.29) is 18.6 Å². The predicted molar refractivity (Wildman–Crippen MR) is 76.5 cm³/mol. The van der Waals surface area contributed by atoms with Crippen LogP contribution in [0.25, 0.3) is 0 Å². The van der Waals surface area contributed by atoms with E-state index in [1.54, 1.807) is 14.2 Å². The molecule has 2 unspecified atom stereocenters. The maximum Gasteiger partial charge on any atom is 0.242 e. The van der Waals surface area contributed by atoms with Crippen molar-refractivity contribution in [3.05, 3.63) is 29.8 Å². The van der Waals surface area contributed by atoms with Crippen LogP contribution in [0.2, 0.25) is 0 Å². The van der Waals surface area contributed by atoms with Gasteiger partial charge in [0.1, 0.15) is 11.8 Å². The van der Waals surface area contributed by atoms with Crippen molar-refractivity contribution >= 4 is 5.91 Å². The van der Waals surface area contributed by atoms with Crippen LogP contribution >= 0.6 is 0 Å². The molecule has 1 fully saturated rings. The Morgan fingerprint density at radius 3 is 2.70 bits per heavy atom. The fraction of sp³-hybridized carbons (Fsp3) is 0.533. The molecular formula is C15H22N2O3. The highest BCUT2D eigenvalue weighted by atomic mass is 16.5. The van der Waals surface area contributed by atoms with Gasteiger partial charge in [-0.15, -0.1) is 0 Å². The highest BCUT2D eigenvalue weighted by Gasteiger charge is 2.32. The van der Waals surface area contributed by atoms with Crippen molar-refractivity contribution in [2.45, 2.75) is 24.9 Å². The van der Waals surface area contributed by atoms with Crippen molar-refractivity contribution in [2.75, 3.05) is 27.4 Å². The van der Waals surface area contributed by atoms with Crippen molar-refractivity contribution in [2.24, 2.45) is 5.73 Å². The number of amides is 1. The second kappa shape index (κ2) is 6.72. The Hall–Kier alpha value is -1.59. The Bertz CT molecular complexity index is 447. The maximum atomic E-state index is 12.3. The van der Waals surface area contributed by atoms with Crippen molar-refractivity contribution < 1.29 is 14.3 Å². The van der Waals surface area contributed by atoms with Gasteiger partial charge >= 0.3 is 0 Å². The van der Waals surface area contributed by atoms with E-state index in [9.17, 15) is 4.79 Å². The Morgan fingerprint density at radius 1 is 1.40 bits per heavy atom. The fourth-order valence-electron chi connectivity index (χ4n) is 2.67. The minimum Gasteiger partial charge on any atom is -0.497 e. The number of nitrogens with zero attached hydrogens (tertiary/aromatic N) is 1. The summed E-state index contributed by atoms with van der Waals surface area (Å²) < 4.78 is 10.1. The summed E-state index contributed by atoms with van der Waals surface area (Å²) in [5, 5.41) is 0. The Labute approximate surface area is 119 Å². The first kappa shape index (κ1) is 14.8. The van der Waals surface area contributed by atoms with Gasteiger partial charge in [-0.2, -0.15) is 0 Å². The SMILES string of the molecule is COCC(N)C(=O)N1CCCC1c1ccc(OC)cc1. The zero-order valence-electron chi connectivity index (χ0n) is 12.0. The summed E-state index contributed by atoms with van der Waals surface area (Å²) in [5.41, 5.74) is 6.98. The molecule has 20 heavy (non-hydrogen) atoms. The molecule has 1 saturated heterocycles. The second-order valence-corrected chi connectivity index (χ2v) is 5.02. The van der Waals surface area contributed by atoms with Gasteiger partial charge in [-0.3, -0.25) is 4.79 Å². The molecule has 0 aromatic heterocycles. The molecule has 5 nitrogen and oxygen atoms in total. The summed E-state index contributed by atoms with van der Waals surface area (Å²) in [6, 6.07) is 7.39. The van der Waals surface area contributed by atoms with Gasteiger partial charge in [0.25, 0.3) is 0 Å². The molecule has 110 valence electrons. The zero-order chi connectivity index (χ0) is 14.5. The van der Waals surface area contributed by atoms with E-state index in [2.05, 4.69) is 0 Å². The smallest absolute Gasteiger partial charge is 0.242 e. The van der Waals surface area contributed by atoms with Gasteiger partial charge in [0, 0.05) is 13.7 Å². The van der Waals surface area contributed by atoms with Crippen LogP contribution in [0, 0.1) is 0 Å². The number of nitrogens with two attached hydrogens (primary N) is 1. The number of benzene rings is 1. The first-order chi connectivity index (χ1) is 9.67. The lowest BCUT2D eigenvalue weighted by Gasteiger charge is -2.27. The number of methoxy groups -OCH3 is 2. The van der Waals surface area contributed by atoms with Crippen molar-refractivity contribution in [1.29, 1.82) is 0 Å². The first-order valence-electron chi connectivity index (χ1n) is 6.86. The van der Waals surface area contributed by atoms with Crippen molar-refractivity contribution in [1.82, 2.24) is 4.90 Å². The lowest BCUT2D eigenvalue weighted by atomic mass is 10.0. The lowest BCUT2D eigenvalue weighted by molar-refractivity contribution is -0.134. The zero-order valence-corrected chi connectivity index (χ0v) is 12.0. The highest BCUT2D eigenvalue weighted by molar-refractivity contribution is 5.82. The molecule has 2 atom stereocenters. The summed E-state index contributed by atoms with van der Waals surface area (Å²) in [7, 11) is 3.20. The number of carbonyl (C=O) groups excluding carboxylic acids is 1. The third-order valence-electron chi connectivity index (χ3n) is 3.70. The Kier molecular flexibility index (Phi) is 4.98. The third-order valence-corrected chi connectivity index (χ3v) is 3.70. The molecule has 0 spiro atoms. The summed E-state index contributed by atoms with van der Waals surface area (Å²) in [5.74, 6) is 0.783. The van der Waals surface area contributed by atoms with Crippen LogP contribution in [0.3, 0.4) is 0 Å². The summed E-state index contributed by atoms with van der Waals surface area (Å²) in [4.78, 5) is 14.2. The fourth-order valence-corrected chi connectivity index (χ4v) is 2.67. The van der Waals surface area contributed by atoms with Crippen LogP contribution in [-0.2, 0) is 9.53 Å². The number of hydrogen-bond acceptors (Lipinski definition) is 4. The average molecular weight is 278 g/mol. The van der Waals surface area contributed by atoms with E-state index < -0.39 is 6.04 Å². The van der Waals surface area contributed by atoms with Gasteiger partial charge in [0.05, 0.1) is 19.8 Å². The average Bonchev–Trinajstić information content (AvgIpc) is 2.96. The molecule has 1 aromatic carbocycles. The molecule has 0 radical (unpaired) electrons. The molecule has 5 heteroatoms. The topological polar surface area (TPSA) is 64.8 Å². The maximum absolute atomic E-state index is 12.3. The number of ether oxygens (including phenoxy) is 2. The minimum atomic E-state index is -0.584. The molecule has 2 rings (SSSR count). The molecule has 1 aromatic rings. The van der Waals surface area contributed by atoms with Crippen molar-refractivity contribution in [3.63, 3.8) is 0 Å². The van der Waals surface area contributed by atoms with E-state index in [1.165, 1.54) is 0 Å². The van der Waals surface area contributed by atoms with E-state index in [4.69, 9.17) is 15.2 Å². The molecule has 2 N–H and O–H groups in total. The van der Waals surface area contributed by atoms with Gasteiger partial charge in [-0.05, 0) is 30.5 Å². The second-order valence-electron chi connectivity index (χ2n) is 5.02. The van der Waals surface area contributed by atoms with Crippen molar-refractivity contribution in [3.8, 4) is 5.75 Å². The summed E-state index contributed by atoms with van der Waals surface area (Å²) in [6.45, 7) is 1.01. The van der Waals surface area contributed by atoms with Gasteiger partial charge in [0.15, 0.2) is 0 Å².